The molecule has 0 fully saturated rings. The lowest BCUT2D eigenvalue weighted by Gasteiger charge is -1.98. The highest BCUT2D eigenvalue weighted by Gasteiger charge is 2.15. The van der Waals surface area contributed by atoms with Crippen LogP contribution in [0.15, 0.2) is 159 Å². The van der Waals surface area contributed by atoms with Crippen LogP contribution in [0, 0.1) is 20.8 Å². The number of carbonyl (C=O) groups is 3. The monoisotopic (exact) mass is 738 g/mol. The van der Waals surface area contributed by atoms with Gasteiger partial charge in [0.05, 0.1) is 13.3 Å². The molecule has 0 unspecified atom stereocenters. The summed E-state index contributed by atoms with van der Waals surface area (Å²) >= 11 is 0. The number of hydrogen-bond donors (Lipinski definition) is 0. The topological polar surface area (TPSA) is 112 Å². The van der Waals surface area contributed by atoms with E-state index in [-0.39, 0.29) is 17.3 Å². The first-order valence-electron chi connectivity index (χ1n) is 17.9. The first-order chi connectivity index (χ1) is 27.1. The summed E-state index contributed by atoms with van der Waals surface area (Å²) in [5.74, 6) is 0.560. The summed E-state index contributed by atoms with van der Waals surface area (Å²) < 4.78 is 10.7. The minimum Gasteiger partial charge on any atom is -0.495 e. The van der Waals surface area contributed by atoms with E-state index >= 15 is 0 Å². The zero-order chi connectivity index (χ0) is 39.2. The molecule has 6 aromatic heterocycles. The highest BCUT2D eigenvalue weighted by atomic mass is 16.5. The summed E-state index contributed by atoms with van der Waals surface area (Å²) in [6.07, 6.45) is 10.9. The number of ketones is 3. The summed E-state index contributed by atoms with van der Waals surface area (Å²) in [4.78, 5) is 49.9. The van der Waals surface area contributed by atoms with Crippen LogP contribution >= 0.6 is 0 Å². The Kier molecular flexibility index (Phi) is 10.7. The Bertz CT molecular complexity index is 2820. The van der Waals surface area contributed by atoms with Crippen LogP contribution in [0.1, 0.15) is 64.8 Å². The molecular formula is C46H38N6O4. The molecule has 0 radical (unpaired) electrons. The largest absolute Gasteiger partial charge is 0.495 e. The summed E-state index contributed by atoms with van der Waals surface area (Å²) in [6.45, 7) is 6.02. The molecular weight excluding hydrogens is 701 g/mol. The molecule has 0 saturated carbocycles. The molecule has 276 valence electrons. The molecule has 6 heterocycles. The summed E-state index contributed by atoms with van der Waals surface area (Å²) in [7, 11) is 1.61. The molecule has 10 heteroatoms. The van der Waals surface area contributed by atoms with Gasteiger partial charge in [-0.05, 0) is 62.2 Å². The van der Waals surface area contributed by atoms with E-state index in [0.29, 0.717) is 33.8 Å². The number of carbonyl (C=O) groups excluding carboxylic acids is 3. The van der Waals surface area contributed by atoms with Crippen molar-refractivity contribution in [2.24, 2.45) is 0 Å². The Morgan fingerprint density at radius 3 is 1.46 bits per heavy atom. The molecule has 0 aliphatic rings. The third-order valence-electron chi connectivity index (χ3n) is 8.96. The van der Waals surface area contributed by atoms with Gasteiger partial charge in [-0.15, -0.1) is 0 Å². The number of methoxy groups -OCH3 is 1. The van der Waals surface area contributed by atoms with E-state index in [1.54, 1.807) is 60.6 Å². The van der Waals surface area contributed by atoms with E-state index in [4.69, 9.17) is 4.74 Å². The molecule has 0 bridgehead atoms. The Hall–Kier alpha value is -7.46. The number of benzene rings is 3. The molecule has 0 aliphatic carbocycles. The summed E-state index contributed by atoms with van der Waals surface area (Å²) in [6, 6.07) is 37.4. The van der Waals surface area contributed by atoms with E-state index in [1.165, 1.54) is 0 Å². The average molecular weight is 739 g/mol. The Morgan fingerprint density at radius 1 is 0.446 bits per heavy atom. The molecule has 56 heavy (non-hydrogen) atoms. The maximum absolute atomic E-state index is 12.3. The third kappa shape index (κ3) is 8.35. The average Bonchev–Trinajstić information content (AvgIpc) is 3.98. The number of pyridine rings is 3. The molecule has 9 rings (SSSR count). The second-order valence-electron chi connectivity index (χ2n) is 13.2. The van der Waals surface area contributed by atoms with Gasteiger partial charge in [-0.2, -0.15) is 0 Å². The predicted octanol–water partition coefficient (Wildman–Crippen LogP) is 8.63. The second kappa shape index (κ2) is 16.3. The lowest BCUT2D eigenvalue weighted by molar-refractivity contribution is 0.102. The van der Waals surface area contributed by atoms with E-state index in [1.807, 2.05) is 139 Å². The van der Waals surface area contributed by atoms with Crippen LogP contribution in [-0.4, -0.2) is 52.6 Å². The van der Waals surface area contributed by atoms with Gasteiger partial charge < -0.3 is 17.9 Å². The maximum atomic E-state index is 12.3. The van der Waals surface area contributed by atoms with Gasteiger partial charge in [0.2, 0.25) is 17.3 Å². The van der Waals surface area contributed by atoms with Gasteiger partial charge in [0, 0.05) is 47.7 Å². The molecule has 0 saturated heterocycles. The number of rotatable bonds is 7. The van der Waals surface area contributed by atoms with Gasteiger partial charge in [-0.1, -0.05) is 96.6 Å². The van der Waals surface area contributed by atoms with Gasteiger partial charge >= 0.3 is 0 Å². The SMILES string of the molecule is COc1ccc2nc(C(=O)c3ccccc3)cn2c1.Cc1ccc(C(=O)c2cn3cc(C)ccc3n2)cc1.Cc1ccn2cc(C(=O)c3ccccc3)nc2c1. The zero-order valence-electron chi connectivity index (χ0n) is 31.3. The number of ether oxygens (including phenoxy) is 1. The quantitative estimate of drug-likeness (QED) is 0.151. The third-order valence-corrected chi connectivity index (χ3v) is 8.96. The summed E-state index contributed by atoms with van der Waals surface area (Å²) in [5.41, 5.74) is 9.09. The van der Waals surface area contributed by atoms with Crippen molar-refractivity contribution in [1.29, 1.82) is 0 Å². The minimum atomic E-state index is -0.0803. The maximum Gasteiger partial charge on any atom is 0.212 e. The fourth-order valence-electron chi connectivity index (χ4n) is 5.93. The highest BCUT2D eigenvalue weighted by Crippen LogP contribution is 2.17. The van der Waals surface area contributed by atoms with Crippen LogP contribution in [0.25, 0.3) is 16.9 Å². The van der Waals surface area contributed by atoms with E-state index in [2.05, 4.69) is 15.0 Å². The minimum absolute atomic E-state index is 0.0404. The first kappa shape index (κ1) is 36.9. The standard InChI is InChI=1S/C16H14N2O.C15H12N2O2.C15H12N2O/c1-11-3-6-13(7-4-11)16(19)14-10-18-9-12(2)5-8-15(18)17-14;1-19-12-7-8-14-16-13(10-17(14)9-12)15(18)11-5-3-2-4-6-11;1-11-7-8-17-10-13(16-14(17)9-11)15(18)12-5-3-2-4-6-12/h3-10H,1-2H3;2-10H,1H3;2-10H,1H3. The first-order valence-corrected chi connectivity index (χ1v) is 17.9. The van der Waals surface area contributed by atoms with Gasteiger partial charge in [0.1, 0.15) is 39.8 Å². The zero-order valence-corrected chi connectivity index (χ0v) is 31.3. The molecule has 9 aromatic rings. The predicted molar refractivity (Wildman–Crippen MR) is 216 cm³/mol. The van der Waals surface area contributed by atoms with Gasteiger partial charge in [-0.25, -0.2) is 15.0 Å². The number of aryl methyl sites for hydroxylation is 3. The van der Waals surface area contributed by atoms with Crippen molar-refractivity contribution in [2.45, 2.75) is 20.8 Å². The van der Waals surface area contributed by atoms with Crippen LogP contribution in [0.5, 0.6) is 5.75 Å². The van der Waals surface area contributed by atoms with Gasteiger partial charge in [0.25, 0.3) is 0 Å². The second-order valence-corrected chi connectivity index (χ2v) is 13.2. The van der Waals surface area contributed by atoms with Crippen LogP contribution in [0.3, 0.4) is 0 Å². The smallest absolute Gasteiger partial charge is 0.212 e. The molecule has 0 atom stereocenters. The van der Waals surface area contributed by atoms with Crippen molar-refractivity contribution >= 4 is 34.3 Å². The fraction of sp³-hybridized carbons (Fsp3) is 0.0870. The Labute approximate surface area is 323 Å². The van der Waals surface area contributed by atoms with E-state index in [9.17, 15) is 14.4 Å². The molecule has 0 spiro atoms. The van der Waals surface area contributed by atoms with Crippen molar-refractivity contribution in [3.8, 4) is 5.75 Å². The fourth-order valence-corrected chi connectivity index (χ4v) is 5.93. The lowest BCUT2D eigenvalue weighted by Crippen LogP contribution is -2.01. The van der Waals surface area contributed by atoms with Crippen LogP contribution in [0.4, 0.5) is 0 Å². The van der Waals surface area contributed by atoms with Gasteiger partial charge in [-0.3, -0.25) is 14.4 Å². The van der Waals surface area contributed by atoms with Crippen LogP contribution < -0.4 is 4.74 Å². The number of fused-ring (bicyclic) bond motifs is 3. The normalized spacial score (nSPS) is 10.7. The number of hydrogen-bond acceptors (Lipinski definition) is 7. The molecule has 3 aromatic carbocycles. The van der Waals surface area contributed by atoms with Crippen LogP contribution in [0.2, 0.25) is 0 Å². The molecule has 10 nitrogen and oxygen atoms in total. The molecule has 0 N–H and O–H groups in total. The van der Waals surface area contributed by atoms with Crippen molar-refractivity contribution in [3.63, 3.8) is 0 Å². The number of nitrogens with zero attached hydrogens (tertiary/aromatic N) is 6. The molecule has 0 amide bonds. The number of imidazole rings is 3. The van der Waals surface area contributed by atoms with Crippen molar-refractivity contribution < 1.29 is 19.1 Å². The van der Waals surface area contributed by atoms with Crippen LogP contribution in [-0.2, 0) is 0 Å². The number of aromatic nitrogens is 6. The Morgan fingerprint density at radius 2 is 0.911 bits per heavy atom. The van der Waals surface area contributed by atoms with Gasteiger partial charge in [0.15, 0.2) is 0 Å². The summed E-state index contributed by atoms with van der Waals surface area (Å²) in [5, 5.41) is 0. The van der Waals surface area contributed by atoms with Crippen molar-refractivity contribution in [3.05, 3.63) is 209 Å². The Balaban J connectivity index is 0.000000129. The molecule has 0 aliphatic heterocycles. The van der Waals surface area contributed by atoms with E-state index < -0.39 is 0 Å². The lowest BCUT2D eigenvalue weighted by atomic mass is 10.1. The van der Waals surface area contributed by atoms with Crippen molar-refractivity contribution in [2.75, 3.05) is 7.11 Å². The van der Waals surface area contributed by atoms with E-state index in [0.717, 1.165) is 39.4 Å². The van der Waals surface area contributed by atoms with Crippen molar-refractivity contribution in [1.82, 2.24) is 28.2 Å². The highest BCUT2D eigenvalue weighted by molar-refractivity contribution is 6.09.